The monoisotopic (exact) mass is 267 g/mol. The number of hydrogen-bond acceptors (Lipinski definition) is 5. The Bertz CT molecular complexity index is 453. The van der Waals surface area contributed by atoms with Crippen LogP contribution >= 0.6 is 0 Å². The van der Waals surface area contributed by atoms with Gasteiger partial charge in [0, 0.05) is 5.92 Å². The first-order valence-corrected chi connectivity index (χ1v) is 6.24. The van der Waals surface area contributed by atoms with E-state index in [0.717, 1.165) is 25.9 Å². The van der Waals surface area contributed by atoms with Crippen LogP contribution in [0.25, 0.3) is 0 Å². The standard InChI is InChI=1S/C11H17N5O3/c17-10(18)7-16-6-9(14-15-16)5-13-11(19)8-1-3-12-4-2-8/h6,8,12H,1-5,7H2,(H,13,19)(H,17,18). The van der Waals surface area contributed by atoms with Crippen LogP contribution in [0.1, 0.15) is 18.5 Å². The van der Waals surface area contributed by atoms with Gasteiger partial charge in [-0.2, -0.15) is 0 Å². The fourth-order valence-electron chi connectivity index (χ4n) is 2.04. The quantitative estimate of drug-likeness (QED) is 0.630. The fourth-order valence-corrected chi connectivity index (χ4v) is 2.04. The van der Waals surface area contributed by atoms with Crippen molar-refractivity contribution in [3.8, 4) is 0 Å². The molecule has 0 atom stereocenters. The first-order valence-electron chi connectivity index (χ1n) is 6.24. The zero-order valence-corrected chi connectivity index (χ0v) is 10.5. The van der Waals surface area contributed by atoms with E-state index < -0.39 is 5.97 Å². The lowest BCUT2D eigenvalue weighted by Gasteiger charge is -2.21. The number of carboxylic acid groups (broad SMARTS) is 1. The smallest absolute Gasteiger partial charge is 0.325 e. The summed E-state index contributed by atoms with van der Waals surface area (Å²) < 4.78 is 1.23. The number of amides is 1. The third-order valence-corrected chi connectivity index (χ3v) is 3.04. The Morgan fingerprint density at radius 1 is 1.47 bits per heavy atom. The van der Waals surface area contributed by atoms with Crippen molar-refractivity contribution in [1.82, 2.24) is 25.6 Å². The third kappa shape index (κ3) is 4.02. The molecule has 2 heterocycles. The van der Waals surface area contributed by atoms with E-state index in [1.807, 2.05) is 0 Å². The van der Waals surface area contributed by atoms with E-state index in [4.69, 9.17) is 5.11 Å². The number of hydrogen-bond donors (Lipinski definition) is 3. The van der Waals surface area contributed by atoms with Crippen LogP contribution in [0.5, 0.6) is 0 Å². The van der Waals surface area contributed by atoms with Crippen LogP contribution in [0.15, 0.2) is 6.20 Å². The molecule has 1 saturated heterocycles. The maximum atomic E-state index is 11.9. The highest BCUT2D eigenvalue weighted by atomic mass is 16.4. The Hall–Kier alpha value is -1.96. The van der Waals surface area contributed by atoms with Gasteiger partial charge < -0.3 is 15.7 Å². The van der Waals surface area contributed by atoms with Crippen molar-refractivity contribution in [3.05, 3.63) is 11.9 Å². The molecule has 0 unspecified atom stereocenters. The SMILES string of the molecule is O=C(O)Cn1cc(CNC(=O)C2CCNCC2)nn1. The van der Waals surface area contributed by atoms with Crippen LogP contribution in [-0.2, 0) is 22.7 Å². The highest BCUT2D eigenvalue weighted by molar-refractivity contribution is 5.78. The summed E-state index contributed by atoms with van der Waals surface area (Å²) in [4.78, 5) is 22.4. The molecule has 0 aliphatic carbocycles. The lowest BCUT2D eigenvalue weighted by Crippen LogP contribution is -2.37. The third-order valence-electron chi connectivity index (χ3n) is 3.04. The van der Waals surface area contributed by atoms with Crippen LogP contribution < -0.4 is 10.6 Å². The van der Waals surface area contributed by atoms with Gasteiger partial charge in [0.1, 0.15) is 12.2 Å². The first kappa shape index (κ1) is 13.5. The minimum Gasteiger partial charge on any atom is -0.480 e. The predicted octanol–water partition coefficient (Wildman–Crippen LogP) is -1.02. The van der Waals surface area contributed by atoms with Crippen LogP contribution in [0.3, 0.4) is 0 Å². The topological polar surface area (TPSA) is 109 Å². The van der Waals surface area contributed by atoms with E-state index in [1.165, 1.54) is 10.9 Å². The summed E-state index contributed by atoms with van der Waals surface area (Å²) in [5.74, 6) is -0.903. The van der Waals surface area contributed by atoms with Gasteiger partial charge in [-0.05, 0) is 25.9 Å². The Balaban J connectivity index is 1.79. The summed E-state index contributed by atoms with van der Waals surface area (Å²) in [7, 11) is 0. The van der Waals surface area contributed by atoms with Crippen molar-refractivity contribution in [2.45, 2.75) is 25.9 Å². The normalized spacial score (nSPS) is 16.2. The molecular formula is C11H17N5O3. The Kier molecular flexibility index (Phi) is 4.45. The molecule has 1 aromatic rings. The number of rotatable bonds is 5. The summed E-state index contributed by atoms with van der Waals surface area (Å²) in [6, 6.07) is 0. The number of aromatic nitrogens is 3. The van der Waals surface area contributed by atoms with Gasteiger partial charge in [-0.1, -0.05) is 5.21 Å². The molecule has 8 nitrogen and oxygen atoms in total. The number of carbonyl (C=O) groups is 2. The summed E-state index contributed by atoms with van der Waals surface area (Å²) in [5, 5.41) is 22.1. The van der Waals surface area contributed by atoms with Crippen molar-refractivity contribution in [2.24, 2.45) is 5.92 Å². The van der Waals surface area contributed by atoms with Gasteiger partial charge in [-0.25, -0.2) is 4.68 Å². The summed E-state index contributed by atoms with van der Waals surface area (Å²) in [5.41, 5.74) is 0.559. The molecule has 2 rings (SSSR count). The fraction of sp³-hybridized carbons (Fsp3) is 0.636. The highest BCUT2D eigenvalue weighted by Gasteiger charge is 2.20. The van der Waals surface area contributed by atoms with E-state index in [-0.39, 0.29) is 24.9 Å². The summed E-state index contributed by atoms with van der Waals surface area (Å²) >= 11 is 0. The number of piperidine rings is 1. The van der Waals surface area contributed by atoms with Gasteiger partial charge in [0.05, 0.1) is 12.7 Å². The molecule has 0 saturated carbocycles. The molecule has 0 spiro atoms. The molecule has 8 heteroatoms. The highest BCUT2D eigenvalue weighted by Crippen LogP contribution is 2.11. The number of nitrogens with one attached hydrogen (secondary N) is 2. The van der Waals surface area contributed by atoms with Crippen molar-refractivity contribution in [2.75, 3.05) is 13.1 Å². The summed E-state index contributed by atoms with van der Waals surface area (Å²) in [6.07, 6.45) is 3.21. The van der Waals surface area contributed by atoms with Crippen molar-refractivity contribution in [1.29, 1.82) is 0 Å². The molecule has 0 bridgehead atoms. The predicted molar refractivity (Wildman–Crippen MR) is 65.1 cm³/mol. The van der Waals surface area contributed by atoms with Gasteiger partial charge in [-0.15, -0.1) is 5.10 Å². The molecule has 1 amide bonds. The zero-order chi connectivity index (χ0) is 13.7. The minimum absolute atomic E-state index is 0.0225. The van der Waals surface area contributed by atoms with Gasteiger partial charge >= 0.3 is 5.97 Å². The van der Waals surface area contributed by atoms with Crippen LogP contribution in [0, 0.1) is 5.92 Å². The minimum atomic E-state index is -0.977. The van der Waals surface area contributed by atoms with E-state index in [0.29, 0.717) is 5.69 Å². The number of carbonyl (C=O) groups excluding carboxylic acids is 1. The maximum absolute atomic E-state index is 11.9. The lowest BCUT2D eigenvalue weighted by molar-refractivity contribution is -0.138. The van der Waals surface area contributed by atoms with E-state index in [2.05, 4.69) is 20.9 Å². The molecule has 19 heavy (non-hydrogen) atoms. The van der Waals surface area contributed by atoms with E-state index >= 15 is 0 Å². The van der Waals surface area contributed by atoms with E-state index in [1.54, 1.807) is 0 Å². The molecule has 3 N–H and O–H groups in total. The Labute approximate surface area is 110 Å². The van der Waals surface area contributed by atoms with Gasteiger partial charge in [-0.3, -0.25) is 9.59 Å². The van der Waals surface area contributed by atoms with Crippen LogP contribution in [0.4, 0.5) is 0 Å². The van der Waals surface area contributed by atoms with Gasteiger partial charge in [0.25, 0.3) is 0 Å². The van der Waals surface area contributed by atoms with Gasteiger partial charge in [0.15, 0.2) is 0 Å². The Morgan fingerprint density at radius 2 is 2.21 bits per heavy atom. The van der Waals surface area contributed by atoms with Crippen LogP contribution in [-0.4, -0.2) is 45.1 Å². The molecular weight excluding hydrogens is 250 g/mol. The van der Waals surface area contributed by atoms with Crippen LogP contribution in [0.2, 0.25) is 0 Å². The average molecular weight is 267 g/mol. The second-order valence-electron chi connectivity index (χ2n) is 4.54. The maximum Gasteiger partial charge on any atom is 0.325 e. The lowest BCUT2D eigenvalue weighted by atomic mass is 9.97. The molecule has 104 valence electrons. The number of carboxylic acids is 1. The van der Waals surface area contributed by atoms with Crippen molar-refractivity contribution < 1.29 is 14.7 Å². The number of nitrogens with zero attached hydrogens (tertiary/aromatic N) is 3. The zero-order valence-electron chi connectivity index (χ0n) is 10.5. The summed E-state index contributed by atoms with van der Waals surface area (Å²) in [6.45, 7) is 1.79. The Morgan fingerprint density at radius 3 is 2.89 bits per heavy atom. The van der Waals surface area contributed by atoms with E-state index in [9.17, 15) is 9.59 Å². The largest absolute Gasteiger partial charge is 0.480 e. The molecule has 1 aromatic heterocycles. The molecule has 1 fully saturated rings. The van der Waals surface area contributed by atoms with Crippen molar-refractivity contribution in [3.63, 3.8) is 0 Å². The van der Waals surface area contributed by atoms with Crippen molar-refractivity contribution >= 4 is 11.9 Å². The molecule has 1 aliphatic heterocycles. The molecule has 1 aliphatic rings. The molecule has 0 radical (unpaired) electrons. The second kappa shape index (κ2) is 6.28. The first-order chi connectivity index (χ1) is 9.15. The van der Waals surface area contributed by atoms with Gasteiger partial charge in [0.2, 0.25) is 5.91 Å². The molecule has 0 aromatic carbocycles. The second-order valence-corrected chi connectivity index (χ2v) is 4.54. The average Bonchev–Trinajstić information content (AvgIpc) is 2.84. The number of aliphatic carboxylic acids is 1.